The van der Waals surface area contributed by atoms with E-state index in [0.29, 0.717) is 50.0 Å². The number of nitrogens with zero attached hydrogens (tertiary/aromatic N) is 2. The average molecular weight is 587 g/mol. The van der Waals surface area contributed by atoms with Gasteiger partial charge in [0.25, 0.3) is 5.56 Å². The first kappa shape index (κ1) is 26.7. The molecule has 8 nitrogen and oxygen atoms in total. The predicted octanol–water partition coefficient (Wildman–Crippen LogP) is 3.98. The zero-order valence-corrected chi connectivity index (χ0v) is 23.6. The SMILES string of the molecule is CCOC(=O)C1=C(C)N=c2s/c(=C\c3cc(OCC)c(OC)cc3Br)c(=O)n2[C@@H]1c1cccc(OC)c1. The lowest BCUT2D eigenvalue weighted by Crippen LogP contribution is -2.39. The van der Waals surface area contributed by atoms with Gasteiger partial charge in [-0.2, -0.15) is 0 Å². The van der Waals surface area contributed by atoms with Gasteiger partial charge < -0.3 is 18.9 Å². The number of carbonyl (C=O) groups is 1. The van der Waals surface area contributed by atoms with Crippen molar-refractivity contribution in [2.75, 3.05) is 27.4 Å². The summed E-state index contributed by atoms with van der Waals surface area (Å²) in [5.41, 5.74) is 2.01. The smallest absolute Gasteiger partial charge is 0.338 e. The van der Waals surface area contributed by atoms with Crippen molar-refractivity contribution >= 4 is 39.3 Å². The van der Waals surface area contributed by atoms with Gasteiger partial charge in [0, 0.05) is 4.47 Å². The van der Waals surface area contributed by atoms with Crippen molar-refractivity contribution in [1.82, 2.24) is 4.57 Å². The van der Waals surface area contributed by atoms with Crippen LogP contribution in [-0.2, 0) is 9.53 Å². The molecule has 194 valence electrons. The number of aromatic nitrogens is 1. The second-order valence-corrected chi connectivity index (χ2v) is 9.90. The van der Waals surface area contributed by atoms with Crippen LogP contribution in [0.2, 0.25) is 0 Å². The van der Waals surface area contributed by atoms with Crippen LogP contribution in [0.1, 0.15) is 37.9 Å². The second-order valence-electron chi connectivity index (χ2n) is 8.04. The summed E-state index contributed by atoms with van der Waals surface area (Å²) in [7, 11) is 3.14. The van der Waals surface area contributed by atoms with E-state index in [1.165, 1.54) is 11.3 Å². The Morgan fingerprint density at radius 3 is 2.59 bits per heavy atom. The number of hydrogen-bond donors (Lipinski definition) is 0. The van der Waals surface area contributed by atoms with Crippen LogP contribution in [-0.4, -0.2) is 38.0 Å². The van der Waals surface area contributed by atoms with Crippen LogP contribution in [0.25, 0.3) is 6.08 Å². The van der Waals surface area contributed by atoms with E-state index in [2.05, 4.69) is 20.9 Å². The molecule has 1 aliphatic rings. The number of halogens is 1. The van der Waals surface area contributed by atoms with Crippen LogP contribution in [0.4, 0.5) is 0 Å². The molecular weight excluding hydrogens is 560 g/mol. The van der Waals surface area contributed by atoms with Crippen molar-refractivity contribution in [2.24, 2.45) is 4.99 Å². The molecule has 1 aromatic heterocycles. The van der Waals surface area contributed by atoms with E-state index < -0.39 is 12.0 Å². The molecule has 0 spiro atoms. The Hall–Kier alpha value is -3.37. The molecule has 1 aliphatic heterocycles. The standard InChI is InChI=1S/C27H27BrN2O6S/c1-6-35-21-12-17(19(28)14-20(21)34-5)13-22-25(31)30-24(16-9-8-10-18(11-16)33-4)23(26(32)36-7-2)15(3)29-27(30)37-22/h8-14,24H,6-7H2,1-5H3/b22-13-/t24-/m1/s1. The first-order valence-electron chi connectivity index (χ1n) is 11.7. The molecule has 0 N–H and O–H groups in total. The molecule has 0 aliphatic carbocycles. The van der Waals surface area contributed by atoms with E-state index >= 15 is 0 Å². The van der Waals surface area contributed by atoms with Gasteiger partial charge in [0.05, 0.1) is 49.3 Å². The summed E-state index contributed by atoms with van der Waals surface area (Å²) >= 11 is 4.82. The third-order valence-electron chi connectivity index (χ3n) is 5.80. The zero-order valence-electron chi connectivity index (χ0n) is 21.2. The maximum absolute atomic E-state index is 13.8. The van der Waals surface area contributed by atoms with Crippen LogP contribution in [0, 0.1) is 0 Å². The van der Waals surface area contributed by atoms with E-state index in [4.69, 9.17) is 18.9 Å². The number of benzene rings is 2. The number of fused-ring (bicyclic) bond motifs is 1. The number of methoxy groups -OCH3 is 2. The molecule has 0 bridgehead atoms. The van der Waals surface area contributed by atoms with Gasteiger partial charge >= 0.3 is 5.97 Å². The summed E-state index contributed by atoms with van der Waals surface area (Å²) < 4.78 is 24.6. The molecule has 37 heavy (non-hydrogen) atoms. The minimum absolute atomic E-state index is 0.207. The van der Waals surface area contributed by atoms with Crippen LogP contribution < -0.4 is 29.1 Å². The van der Waals surface area contributed by atoms with E-state index in [-0.39, 0.29) is 12.2 Å². The van der Waals surface area contributed by atoms with E-state index in [9.17, 15) is 9.59 Å². The maximum atomic E-state index is 13.8. The number of esters is 1. The van der Waals surface area contributed by atoms with Crippen LogP contribution in [0.5, 0.6) is 17.2 Å². The molecule has 2 heterocycles. The van der Waals surface area contributed by atoms with Crippen molar-refractivity contribution in [3.8, 4) is 17.2 Å². The topological polar surface area (TPSA) is 88.4 Å². The summed E-state index contributed by atoms with van der Waals surface area (Å²) in [6.07, 6.45) is 1.78. The van der Waals surface area contributed by atoms with Gasteiger partial charge in [-0.15, -0.1) is 0 Å². The first-order chi connectivity index (χ1) is 17.8. The van der Waals surface area contributed by atoms with E-state index in [1.54, 1.807) is 44.8 Å². The largest absolute Gasteiger partial charge is 0.497 e. The molecule has 0 saturated carbocycles. The van der Waals surface area contributed by atoms with Crippen LogP contribution in [0.3, 0.4) is 0 Å². The summed E-state index contributed by atoms with van der Waals surface area (Å²) in [4.78, 5) is 32.0. The van der Waals surface area contributed by atoms with Gasteiger partial charge in [0.2, 0.25) is 0 Å². The number of thiazole rings is 1. The highest BCUT2D eigenvalue weighted by Crippen LogP contribution is 2.34. The molecule has 1 atom stereocenters. The minimum atomic E-state index is -0.717. The normalized spacial score (nSPS) is 15.2. The number of carbonyl (C=O) groups excluding carboxylic acids is 1. The Morgan fingerprint density at radius 1 is 1.14 bits per heavy atom. The second kappa shape index (κ2) is 11.4. The molecule has 10 heteroatoms. The van der Waals surface area contributed by atoms with E-state index in [0.717, 1.165) is 10.0 Å². The quantitative estimate of drug-likeness (QED) is 0.371. The van der Waals surface area contributed by atoms with Gasteiger partial charge in [-0.25, -0.2) is 9.79 Å². The Bertz CT molecular complexity index is 1560. The van der Waals surface area contributed by atoms with Crippen LogP contribution >= 0.6 is 27.3 Å². The number of rotatable bonds is 8. The highest BCUT2D eigenvalue weighted by Gasteiger charge is 2.33. The molecule has 4 rings (SSSR count). The molecule has 0 unspecified atom stereocenters. The number of hydrogen-bond acceptors (Lipinski definition) is 8. The molecular formula is C27H27BrN2O6S. The Morgan fingerprint density at radius 2 is 1.92 bits per heavy atom. The zero-order chi connectivity index (χ0) is 26.7. The van der Waals surface area contributed by atoms with Gasteiger partial charge in [0.1, 0.15) is 5.75 Å². The average Bonchev–Trinajstić information content (AvgIpc) is 3.19. The van der Waals surface area contributed by atoms with Gasteiger partial charge in [-0.1, -0.05) is 39.4 Å². The van der Waals surface area contributed by atoms with Gasteiger partial charge in [-0.3, -0.25) is 9.36 Å². The first-order valence-corrected chi connectivity index (χ1v) is 13.3. The fourth-order valence-electron chi connectivity index (χ4n) is 4.15. The Labute approximate surface area is 226 Å². The lowest BCUT2D eigenvalue weighted by Gasteiger charge is -2.25. The Kier molecular flexibility index (Phi) is 8.19. The summed E-state index contributed by atoms with van der Waals surface area (Å²) in [5, 5.41) is 0. The highest BCUT2D eigenvalue weighted by molar-refractivity contribution is 9.10. The monoisotopic (exact) mass is 586 g/mol. The minimum Gasteiger partial charge on any atom is -0.497 e. The maximum Gasteiger partial charge on any atom is 0.338 e. The van der Waals surface area contributed by atoms with Crippen molar-refractivity contribution in [2.45, 2.75) is 26.8 Å². The number of allylic oxidation sites excluding steroid dienone is 1. The highest BCUT2D eigenvalue weighted by atomic mass is 79.9. The van der Waals surface area contributed by atoms with Crippen molar-refractivity contribution in [3.63, 3.8) is 0 Å². The van der Waals surface area contributed by atoms with E-state index in [1.807, 2.05) is 37.3 Å². The Balaban J connectivity index is 1.95. The van der Waals surface area contributed by atoms with Gasteiger partial charge in [0.15, 0.2) is 16.3 Å². The number of ether oxygens (including phenoxy) is 4. The molecule has 3 aromatic rings. The predicted molar refractivity (Wildman–Crippen MR) is 145 cm³/mol. The fourth-order valence-corrected chi connectivity index (χ4v) is 5.62. The van der Waals surface area contributed by atoms with Crippen LogP contribution in [0.15, 0.2) is 61.9 Å². The molecule has 0 amide bonds. The summed E-state index contributed by atoms with van der Waals surface area (Å²) in [6.45, 7) is 6.06. The lowest BCUT2D eigenvalue weighted by atomic mass is 9.95. The molecule has 0 radical (unpaired) electrons. The van der Waals surface area contributed by atoms with Crippen molar-refractivity contribution in [1.29, 1.82) is 0 Å². The third kappa shape index (κ3) is 5.21. The van der Waals surface area contributed by atoms with Gasteiger partial charge in [-0.05, 0) is 62.2 Å². The van der Waals surface area contributed by atoms with Crippen molar-refractivity contribution < 1.29 is 23.7 Å². The third-order valence-corrected chi connectivity index (χ3v) is 7.47. The summed E-state index contributed by atoms with van der Waals surface area (Å²) in [6, 6.07) is 10.2. The van der Waals surface area contributed by atoms with Crippen molar-refractivity contribution in [3.05, 3.63) is 83.0 Å². The fraction of sp³-hybridized carbons (Fsp3) is 0.296. The lowest BCUT2D eigenvalue weighted by molar-refractivity contribution is -0.139. The molecule has 2 aromatic carbocycles. The molecule has 0 saturated heterocycles. The molecule has 0 fully saturated rings. The summed E-state index contributed by atoms with van der Waals surface area (Å²) in [5.74, 6) is 1.26.